The van der Waals surface area contributed by atoms with Crippen molar-refractivity contribution >= 4 is 15.9 Å². The van der Waals surface area contributed by atoms with Crippen molar-refractivity contribution in [1.82, 2.24) is 10.6 Å². The number of piperidine rings is 1. The van der Waals surface area contributed by atoms with E-state index < -0.39 is 0 Å². The molecular weight excluding hydrogens is 252 g/mol. The van der Waals surface area contributed by atoms with Crippen molar-refractivity contribution in [2.75, 3.05) is 20.1 Å². The van der Waals surface area contributed by atoms with Gasteiger partial charge in [-0.05, 0) is 44.1 Å². The number of benzene rings is 1. The van der Waals surface area contributed by atoms with Crippen molar-refractivity contribution in [2.45, 2.75) is 18.4 Å². The summed E-state index contributed by atoms with van der Waals surface area (Å²) in [5.74, 6) is 0. The van der Waals surface area contributed by atoms with Gasteiger partial charge in [0.05, 0.1) is 5.54 Å². The summed E-state index contributed by atoms with van der Waals surface area (Å²) in [5, 5.41) is 6.94. The predicted octanol–water partition coefficient (Wildman–Crippen LogP) is 2.25. The van der Waals surface area contributed by atoms with E-state index in [0.717, 1.165) is 17.6 Å². The molecule has 1 fully saturated rings. The number of hydrogen-bond acceptors (Lipinski definition) is 2. The van der Waals surface area contributed by atoms with Gasteiger partial charge in [0, 0.05) is 11.0 Å². The molecule has 1 heterocycles. The number of nitrogens with one attached hydrogen (secondary N) is 2. The molecule has 15 heavy (non-hydrogen) atoms. The van der Waals surface area contributed by atoms with Crippen molar-refractivity contribution in [2.24, 2.45) is 0 Å². The van der Waals surface area contributed by atoms with Crippen LogP contribution in [0.5, 0.6) is 0 Å². The summed E-state index contributed by atoms with van der Waals surface area (Å²) in [6.45, 7) is 2.15. The summed E-state index contributed by atoms with van der Waals surface area (Å²) in [7, 11) is 2.05. The van der Waals surface area contributed by atoms with E-state index in [1.54, 1.807) is 0 Å². The standard InChI is InChI=1S/C12H17BrN2/c1-14-12(6-3-7-15-9-12)10-4-2-5-11(13)8-10/h2,4-5,8,14-15H,3,6-7,9H2,1H3. The Hall–Kier alpha value is -0.380. The van der Waals surface area contributed by atoms with Crippen LogP contribution in [-0.2, 0) is 5.54 Å². The van der Waals surface area contributed by atoms with Crippen molar-refractivity contribution in [1.29, 1.82) is 0 Å². The molecule has 2 nitrogen and oxygen atoms in total. The summed E-state index contributed by atoms with van der Waals surface area (Å²) >= 11 is 3.53. The molecular formula is C12H17BrN2. The number of rotatable bonds is 2. The highest BCUT2D eigenvalue weighted by molar-refractivity contribution is 9.10. The topological polar surface area (TPSA) is 24.1 Å². The lowest BCUT2D eigenvalue weighted by molar-refractivity contribution is 0.269. The van der Waals surface area contributed by atoms with Crippen molar-refractivity contribution in [3.05, 3.63) is 34.3 Å². The van der Waals surface area contributed by atoms with Gasteiger partial charge in [-0.25, -0.2) is 0 Å². The molecule has 1 aromatic rings. The molecule has 1 aliphatic heterocycles. The Morgan fingerprint density at radius 1 is 1.47 bits per heavy atom. The Labute approximate surface area is 99.6 Å². The van der Waals surface area contributed by atoms with Crippen LogP contribution < -0.4 is 10.6 Å². The summed E-state index contributed by atoms with van der Waals surface area (Å²) in [5.41, 5.74) is 1.48. The minimum Gasteiger partial charge on any atom is -0.315 e. The molecule has 2 rings (SSSR count). The van der Waals surface area contributed by atoms with Crippen LogP contribution in [0.1, 0.15) is 18.4 Å². The molecule has 0 bridgehead atoms. The first-order valence-corrected chi connectivity index (χ1v) is 6.22. The van der Waals surface area contributed by atoms with Gasteiger partial charge in [0.2, 0.25) is 0 Å². The van der Waals surface area contributed by atoms with Crippen LogP contribution in [0.3, 0.4) is 0 Å². The van der Waals surface area contributed by atoms with Gasteiger partial charge < -0.3 is 10.6 Å². The van der Waals surface area contributed by atoms with E-state index >= 15 is 0 Å². The Balaban J connectivity index is 2.32. The summed E-state index contributed by atoms with van der Waals surface area (Å²) < 4.78 is 1.15. The van der Waals surface area contributed by atoms with Gasteiger partial charge in [0.15, 0.2) is 0 Å². The fourth-order valence-corrected chi connectivity index (χ4v) is 2.69. The molecule has 1 saturated heterocycles. The Kier molecular flexibility index (Phi) is 3.44. The van der Waals surface area contributed by atoms with Gasteiger partial charge in [0.1, 0.15) is 0 Å². The third-order valence-electron chi connectivity index (χ3n) is 3.24. The molecule has 0 aromatic heterocycles. The zero-order valence-corrected chi connectivity index (χ0v) is 10.6. The minimum atomic E-state index is 0.113. The van der Waals surface area contributed by atoms with Crippen LogP contribution in [0.2, 0.25) is 0 Å². The van der Waals surface area contributed by atoms with Gasteiger partial charge in [-0.15, -0.1) is 0 Å². The molecule has 1 atom stereocenters. The fraction of sp³-hybridized carbons (Fsp3) is 0.500. The summed E-state index contributed by atoms with van der Waals surface area (Å²) in [6.07, 6.45) is 2.43. The summed E-state index contributed by atoms with van der Waals surface area (Å²) in [4.78, 5) is 0. The molecule has 1 aromatic carbocycles. The molecule has 1 unspecified atom stereocenters. The second-order valence-electron chi connectivity index (χ2n) is 4.12. The third kappa shape index (κ3) is 2.25. The number of likely N-dealkylation sites (N-methyl/N-ethyl adjacent to an activating group) is 1. The Morgan fingerprint density at radius 2 is 2.33 bits per heavy atom. The third-order valence-corrected chi connectivity index (χ3v) is 3.73. The Bertz CT molecular complexity index is 332. The molecule has 0 aliphatic carbocycles. The lowest BCUT2D eigenvalue weighted by Crippen LogP contribution is -2.51. The van der Waals surface area contributed by atoms with Gasteiger partial charge in [0.25, 0.3) is 0 Å². The van der Waals surface area contributed by atoms with Crippen molar-refractivity contribution < 1.29 is 0 Å². The van der Waals surface area contributed by atoms with Crippen LogP contribution in [0.4, 0.5) is 0 Å². The van der Waals surface area contributed by atoms with E-state index in [-0.39, 0.29) is 5.54 Å². The van der Waals surface area contributed by atoms with Crippen LogP contribution in [-0.4, -0.2) is 20.1 Å². The van der Waals surface area contributed by atoms with E-state index in [2.05, 4.69) is 50.8 Å². The van der Waals surface area contributed by atoms with Crippen molar-refractivity contribution in [3.8, 4) is 0 Å². The first-order chi connectivity index (χ1) is 7.27. The van der Waals surface area contributed by atoms with Crippen LogP contribution >= 0.6 is 15.9 Å². The van der Waals surface area contributed by atoms with E-state index in [1.165, 1.54) is 18.4 Å². The molecule has 1 aliphatic rings. The Morgan fingerprint density at radius 3 is 2.93 bits per heavy atom. The molecule has 82 valence electrons. The maximum Gasteiger partial charge on any atom is 0.0559 e. The predicted molar refractivity (Wildman–Crippen MR) is 67.0 cm³/mol. The minimum absolute atomic E-state index is 0.113. The zero-order valence-electron chi connectivity index (χ0n) is 9.02. The van der Waals surface area contributed by atoms with E-state index in [1.807, 2.05) is 7.05 Å². The van der Waals surface area contributed by atoms with Gasteiger partial charge >= 0.3 is 0 Å². The van der Waals surface area contributed by atoms with Crippen LogP contribution in [0.25, 0.3) is 0 Å². The number of halogens is 1. The quantitative estimate of drug-likeness (QED) is 0.860. The first-order valence-electron chi connectivity index (χ1n) is 5.42. The molecule has 0 radical (unpaired) electrons. The molecule has 0 spiro atoms. The monoisotopic (exact) mass is 268 g/mol. The highest BCUT2D eigenvalue weighted by Gasteiger charge is 2.31. The van der Waals surface area contributed by atoms with E-state index in [4.69, 9.17) is 0 Å². The maximum absolute atomic E-state index is 3.53. The average molecular weight is 269 g/mol. The largest absolute Gasteiger partial charge is 0.315 e. The highest BCUT2D eigenvalue weighted by atomic mass is 79.9. The molecule has 2 N–H and O–H groups in total. The first kappa shape index (κ1) is 11.1. The fourth-order valence-electron chi connectivity index (χ4n) is 2.30. The zero-order chi connectivity index (χ0) is 10.7. The molecule has 0 amide bonds. The van der Waals surface area contributed by atoms with E-state index in [0.29, 0.717) is 0 Å². The smallest absolute Gasteiger partial charge is 0.0559 e. The van der Waals surface area contributed by atoms with Gasteiger partial charge in [-0.3, -0.25) is 0 Å². The second kappa shape index (κ2) is 4.64. The molecule has 3 heteroatoms. The SMILES string of the molecule is CNC1(c2cccc(Br)c2)CCCNC1. The normalized spacial score (nSPS) is 26.5. The lowest BCUT2D eigenvalue weighted by Gasteiger charge is -2.38. The lowest BCUT2D eigenvalue weighted by atomic mass is 9.83. The summed E-state index contributed by atoms with van der Waals surface area (Å²) in [6, 6.07) is 8.59. The number of hydrogen-bond donors (Lipinski definition) is 2. The van der Waals surface area contributed by atoms with E-state index in [9.17, 15) is 0 Å². The maximum atomic E-state index is 3.53. The van der Waals surface area contributed by atoms with Gasteiger partial charge in [-0.1, -0.05) is 28.1 Å². The molecule has 0 saturated carbocycles. The second-order valence-corrected chi connectivity index (χ2v) is 5.04. The average Bonchev–Trinajstić information content (AvgIpc) is 2.30. The highest BCUT2D eigenvalue weighted by Crippen LogP contribution is 2.29. The van der Waals surface area contributed by atoms with Crippen LogP contribution in [0, 0.1) is 0 Å². The van der Waals surface area contributed by atoms with Gasteiger partial charge in [-0.2, -0.15) is 0 Å². The van der Waals surface area contributed by atoms with Crippen molar-refractivity contribution in [3.63, 3.8) is 0 Å². The van der Waals surface area contributed by atoms with Crippen LogP contribution in [0.15, 0.2) is 28.7 Å².